The number of nitrogens with zero attached hydrogens (tertiary/aromatic N) is 5. The summed E-state index contributed by atoms with van der Waals surface area (Å²) >= 11 is 0. The molecule has 2 aromatic heterocycles. The van der Waals surface area contributed by atoms with Crippen molar-refractivity contribution in [2.24, 2.45) is 18.4 Å². The Morgan fingerprint density at radius 2 is 1.72 bits per heavy atom. The quantitative estimate of drug-likeness (QED) is 0.302. The number of aryl methyl sites for hydroxylation is 2. The van der Waals surface area contributed by atoms with Gasteiger partial charge in [0.05, 0.1) is 43.3 Å². The number of hydrogen-bond acceptors (Lipinski definition) is 9. The molecule has 0 saturated heterocycles. The van der Waals surface area contributed by atoms with Gasteiger partial charge in [0, 0.05) is 49.5 Å². The second-order valence-corrected chi connectivity index (χ2v) is 13.4. The van der Waals surface area contributed by atoms with Crippen LogP contribution in [0.5, 0.6) is 17.2 Å². The van der Waals surface area contributed by atoms with E-state index in [1.807, 2.05) is 0 Å². The van der Waals surface area contributed by atoms with Crippen LogP contribution in [0.15, 0.2) is 67.5 Å². The summed E-state index contributed by atoms with van der Waals surface area (Å²) in [7, 11) is 4.56. The molecule has 2 aliphatic carbocycles. The maximum absolute atomic E-state index is 14.8. The number of aromatic hydroxyl groups is 1. The van der Waals surface area contributed by atoms with Crippen LogP contribution in [0.2, 0.25) is 0 Å². The Morgan fingerprint density at radius 1 is 1.02 bits per heavy atom. The first-order valence-electron chi connectivity index (χ1n) is 16.2. The fraction of sp³-hybridized carbons (Fsp3) is 0.389. The maximum atomic E-state index is 14.8. The van der Waals surface area contributed by atoms with Gasteiger partial charge in [0.1, 0.15) is 5.69 Å². The summed E-state index contributed by atoms with van der Waals surface area (Å²) in [5.41, 5.74) is -0.727. The first kappa shape index (κ1) is 33.0. The van der Waals surface area contributed by atoms with Crippen molar-refractivity contribution in [3.63, 3.8) is 0 Å². The molecule has 1 saturated carbocycles. The average Bonchev–Trinajstić information content (AvgIpc) is 3.36. The predicted molar refractivity (Wildman–Crippen MR) is 179 cm³/mol. The van der Waals surface area contributed by atoms with Gasteiger partial charge in [-0.3, -0.25) is 14.4 Å². The Hall–Kier alpha value is -5.53. The average molecular weight is 686 g/mol. The number of methoxy groups -OCH3 is 2. The Labute approximate surface area is 284 Å². The van der Waals surface area contributed by atoms with E-state index in [9.17, 15) is 33.5 Å². The van der Waals surface area contributed by atoms with Gasteiger partial charge in [-0.05, 0) is 43.1 Å². The molecule has 0 amide bonds. The molecular weight excluding hydrogens is 649 g/mol. The Morgan fingerprint density at radius 3 is 2.42 bits per heavy atom. The van der Waals surface area contributed by atoms with E-state index in [-0.39, 0.29) is 48.8 Å². The lowest BCUT2D eigenvalue weighted by atomic mass is 9.50. The van der Waals surface area contributed by atoms with Crippen LogP contribution in [0, 0.1) is 17.2 Å². The van der Waals surface area contributed by atoms with Crippen LogP contribution >= 0.6 is 0 Å². The molecule has 0 spiro atoms. The number of hydrogen-bond donors (Lipinski definition) is 1. The fourth-order valence-corrected chi connectivity index (χ4v) is 8.28. The highest BCUT2D eigenvalue weighted by Crippen LogP contribution is 2.61. The Kier molecular flexibility index (Phi) is 7.61. The number of halogens is 1. The van der Waals surface area contributed by atoms with E-state index in [2.05, 4.69) is 4.98 Å². The number of phenolic OH excluding ortho intramolecular Hbond substituents is 1. The third-order valence-corrected chi connectivity index (χ3v) is 11.1. The molecule has 0 unspecified atom stereocenters. The summed E-state index contributed by atoms with van der Waals surface area (Å²) in [6, 6.07) is 6.48. The first-order valence-corrected chi connectivity index (χ1v) is 16.2. The third kappa shape index (κ3) is 4.43. The van der Waals surface area contributed by atoms with E-state index >= 15 is 0 Å². The summed E-state index contributed by atoms with van der Waals surface area (Å²) in [5.74, 6) is -3.14. The summed E-state index contributed by atoms with van der Waals surface area (Å²) in [5, 5.41) is 11.0. The lowest BCUT2D eigenvalue weighted by Crippen LogP contribution is -2.55. The van der Waals surface area contributed by atoms with Crippen LogP contribution in [0.3, 0.4) is 0 Å². The van der Waals surface area contributed by atoms with Gasteiger partial charge in [-0.15, -0.1) is 0 Å². The molecule has 1 fully saturated rings. The van der Waals surface area contributed by atoms with Gasteiger partial charge in [-0.25, -0.2) is 32.9 Å². The number of fused-ring (bicyclic) bond motifs is 5. The number of carbonyl (C=O) groups is 2. The van der Waals surface area contributed by atoms with E-state index in [1.165, 1.54) is 40.3 Å². The molecule has 4 aromatic rings. The normalized spacial score (nSPS) is 23.0. The molecule has 0 radical (unpaired) electrons. The Balaban J connectivity index is 1.32. The zero-order valence-corrected chi connectivity index (χ0v) is 28.4. The SMILES string of the molecule is COc1cc2nc(CCn3c(=O)n4n(c3=O)[C@@H]3C[C@H]5C(=O)C(C)=C(C)C(=O)[C@@]5(C)[C@@H](c5cccc(F)c5O)C3=CC4)c(=O)n(C)c2cc1OC. The number of ketones is 2. The molecule has 50 heavy (non-hydrogen) atoms. The smallest absolute Gasteiger partial charge is 0.347 e. The van der Waals surface area contributed by atoms with Crippen LogP contribution in [0.25, 0.3) is 11.0 Å². The van der Waals surface area contributed by atoms with Crippen molar-refractivity contribution in [3.05, 3.63) is 102 Å². The van der Waals surface area contributed by atoms with Crippen molar-refractivity contribution in [1.82, 2.24) is 23.5 Å². The number of rotatable bonds is 6. The van der Waals surface area contributed by atoms with Gasteiger partial charge in [0.2, 0.25) is 0 Å². The number of carbonyl (C=O) groups excluding carboxylic acids is 2. The number of phenols is 1. The van der Waals surface area contributed by atoms with Gasteiger partial charge in [-0.1, -0.05) is 25.1 Å². The standard InChI is InChI=1S/C36H36FN5O8/c1-17-18(2)32(45)36(3)21(30(17)43)14-25-19(29(36)20-8-7-9-22(37)31(20)44)10-13-41-34(47)40(35(48)42(25)41)12-11-23-33(46)39(4)26-16-28(50-6)27(49-5)15-24(26)38-23/h7-10,15-16,21,25,29,44H,11-14H2,1-6H3/t21-,25+,29+,36+/m0/s1. The van der Waals surface area contributed by atoms with Crippen LogP contribution in [-0.4, -0.2) is 54.4 Å². The molecule has 260 valence electrons. The number of ether oxygens (including phenoxy) is 2. The van der Waals surface area contributed by atoms with E-state index in [1.54, 1.807) is 46.0 Å². The monoisotopic (exact) mass is 685 g/mol. The highest BCUT2D eigenvalue weighted by molar-refractivity contribution is 6.15. The fourth-order valence-electron chi connectivity index (χ4n) is 8.28. The van der Waals surface area contributed by atoms with Gasteiger partial charge >= 0.3 is 11.4 Å². The molecule has 3 heterocycles. The zero-order chi connectivity index (χ0) is 36.0. The third-order valence-electron chi connectivity index (χ3n) is 11.1. The zero-order valence-electron chi connectivity index (χ0n) is 28.4. The summed E-state index contributed by atoms with van der Waals surface area (Å²) in [6.45, 7) is 4.63. The number of Topliss-reactive ketones (excluding diaryl/α,β-unsaturated/α-hetero) is 2. The highest BCUT2D eigenvalue weighted by Gasteiger charge is 2.61. The number of benzene rings is 2. The minimum Gasteiger partial charge on any atom is -0.505 e. The van der Waals surface area contributed by atoms with Crippen LogP contribution in [-0.2, 0) is 36.1 Å². The van der Waals surface area contributed by atoms with Gasteiger partial charge in [0.25, 0.3) is 5.56 Å². The molecule has 7 rings (SSSR count). The van der Waals surface area contributed by atoms with Gasteiger partial charge in [0.15, 0.2) is 34.6 Å². The molecule has 0 bridgehead atoms. The number of para-hydroxylation sites is 1. The van der Waals surface area contributed by atoms with E-state index < -0.39 is 51.8 Å². The van der Waals surface area contributed by atoms with Crippen LogP contribution in [0.1, 0.15) is 50.4 Å². The second-order valence-electron chi connectivity index (χ2n) is 13.4. The van der Waals surface area contributed by atoms with E-state index in [0.717, 1.165) is 10.6 Å². The van der Waals surface area contributed by atoms with Gasteiger partial charge in [-0.2, -0.15) is 0 Å². The lowest BCUT2D eigenvalue weighted by Gasteiger charge is -2.53. The second kappa shape index (κ2) is 11.5. The van der Waals surface area contributed by atoms with Crippen molar-refractivity contribution in [1.29, 1.82) is 0 Å². The molecule has 1 N–H and O–H groups in total. The highest BCUT2D eigenvalue weighted by atomic mass is 19.1. The number of allylic oxidation sites excluding steroid dienone is 4. The van der Waals surface area contributed by atoms with Crippen molar-refractivity contribution in [2.45, 2.75) is 58.7 Å². The predicted octanol–water partition coefficient (Wildman–Crippen LogP) is 2.94. The summed E-state index contributed by atoms with van der Waals surface area (Å²) in [4.78, 5) is 73.8. The lowest BCUT2D eigenvalue weighted by molar-refractivity contribution is -0.140. The minimum absolute atomic E-state index is 0.0333. The summed E-state index contributed by atoms with van der Waals surface area (Å²) < 4.78 is 30.6. The molecule has 3 aliphatic rings. The molecule has 1 aliphatic heterocycles. The summed E-state index contributed by atoms with van der Waals surface area (Å²) in [6.07, 6.45) is 1.72. The topological polar surface area (TPSA) is 157 Å². The molecule has 4 atom stereocenters. The maximum Gasteiger partial charge on any atom is 0.347 e. The van der Waals surface area contributed by atoms with Crippen molar-refractivity contribution >= 4 is 22.6 Å². The van der Waals surface area contributed by atoms with Crippen molar-refractivity contribution in [2.75, 3.05) is 14.2 Å². The van der Waals surface area contributed by atoms with Crippen LogP contribution < -0.4 is 26.4 Å². The molecule has 13 nitrogen and oxygen atoms in total. The van der Waals surface area contributed by atoms with E-state index in [0.29, 0.717) is 39.3 Å². The van der Waals surface area contributed by atoms with E-state index in [4.69, 9.17) is 9.47 Å². The molecule has 2 aromatic carbocycles. The van der Waals surface area contributed by atoms with Crippen molar-refractivity contribution in [3.8, 4) is 17.2 Å². The molecular formula is C36H36FN5O8. The van der Waals surface area contributed by atoms with Crippen molar-refractivity contribution < 1.29 is 28.6 Å². The van der Waals surface area contributed by atoms with Gasteiger partial charge < -0.3 is 19.1 Å². The minimum atomic E-state index is -1.39. The Bertz CT molecular complexity index is 2410. The van der Waals surface area contributed by atoms with Crippen LogP contribution in [0.4, 0.5) is 4.39 Å². The largest absolute Gasteiger partial charge is 0.505 e. The molecule has 14 heteroatoms. The number of aromatic nitrogens is 5. The first-order chi connectivity index (χ1) is 23.8.